The van der Waals surface area contributed by atoms with E-state index >= 15 is 0 Å². The van der Waals surface area contributed by atoms with Crippen LogP contribution in [0.4, 0.5) is 0 Å². The summed E-state index contributed by atoms with van der Waals surface area (Å²) in [5.41, 5.74) is 0.525. The van der Waals surface area contributed by atoms with Crippen LogP contribution in [-0.2, 0) is 0 Å². The zero-order valence-corrected chi connectivity index (χ0v) is 10.6. The summed E-state index contributed by atoms with van der Waals surface area (Å²) in [6.45, 7) is 7.32. The molecule has 2 aliphatic rings. The molecule has 2 atom stereocenters. The molecule has 0 aromatic heterocycles. The predicted molar refractivity (Wildman–Crippen MR) is 65.1 cm³/mol. The Kier molecular flexibility index (Phi) is 3.36. The highest BCUT2D eigenvalue weighted by Crippen LogP contribution is 2.37. The van der Waals surface area contributed by atoms with Crippen LogP contribution in [0.15, 0.2) is 0 Å². The van der Waals surface area contributed by atoms with E-state index in [0.29, 0.717) is 5.41 Å². The molecule has 2 nitrogen and oxygen atoms in total. The number of likely N-dealkylation sites (tertiary alicyclic amines) is 1. The van der Waals surface area contributed by atoms with Crippen LogP contribution in [0.1, 0.15) is 46.0 Å². The van der Waals surface area contributed by atoms with E-state index in [1.165, 1.54) is 45.2 Å². The first-order valence-corrected chi connectivity index (χ1v) is 6.53. The fourth-order valence-electron chi connectivity index (χ4n) is 3.22. The molecule has 1 saturated heterocycles. The molecule has 1 aliphatic carbocycles. The quantitative estimate of drug-likeness (QED) is 0.768. The fourth-order valence-corrected chi connectivity index (χ4v) is 3.22. The molecule has 15 heavy (non-hydrogen) atoms. The number of hydrogen-bond acceptors (Lipinski definition) is 2. The second kappa shape index (κ2) is 4.42. The van der Waals surface area contributed by atoms with Gasteiger partial charge < -0.3 is 10.2 Å². The molecule has 1 N–H and O–H groups in total. The normalized spacial score (nSPS) is 36.2. The fraction of sp³-hybridized carbons (Fsp3) is 1.00. The summed E-state index contributed by atoms with van der Waals surface area (Å²) < 4.78 is 0. The number of nitrogens with one attached hydrogen (secondary N) is 1. The summed E-state index contributed by atoms with van der Waals surface area (Å²) >= 11 is 0. The maximum Gasteiger partial charge on any atom is 0.0218 e. The van der Waals surface area contributed by atoms with E-state index in [2.05, 4.69) is 31.1 Å². The summed E-state index contributed by atoms with van der Waals surface area (Å²) in [6.07, 6.45) is 6.95. The monoisotopic (exact) mass is 210 g/mol. The number of nitrogens with zero attached hydrogens (tertiary/aromatic N) is 1. The molecule has 0 radical (unpaired) electrons. The van der Waals surface area contributed by atoms with Crippen molar-refractivity contribution in [3.63, 3.8) is 0 Å². The van der Waals surface area contributed by atoms with E-state index in [1.807, 2.05) is 0 Å². The van der Waals surface area contributed by atoms with Gasteiger partial charge in [-0.25, -0.2) is 0 Å². The van der Waals surface area contributed by atoms with E-state index in [9.17, 15) is 0 Å². The molecular formula is C13H26N2. The lowest BCUT2D eigenvalue weighted by atomic mass is 9.87. The standard InChI is InChI=1S/C13H26N2/c1-13(2)8-4-7-12(13)14-10-11-6-5-9-15(11)3/h11-12,14H,4-10H2,1-3H3. The van der Waals surface area contributed by atoms with Gasteiger partial charge in [0.2, 0.25) is 0 Å². The van der Waals surface area contributed by atoms with Crippen LogP contribution in [0.5, 0.6) is 0 Å². The zero-order chi connectivity index (χ0) is 10.9. The molecular weight excluding hydrogens is 184 g/mol. The highest BCUT2D eigenvalue weighted by molar-refractivity contribution is 4.91. The van der Waals surface area contributed by atoms with Gasteiger partial charge >= 0.3 is 0 Å². The maximum atomic E-state index is 3.80. The van der Waals surface area contributed by atoms with E-state index in [-0.39, 0.29) is 0 Å². The van der Waals surface area contributed by atoms with Gasteiger partial charge in [-0.3, -0.25) is 0 Å². The first-order chi connectivity index (χ1) is 7.09. The molecule has 0 aromatic rings. The zero-order valence-electron chi connectivity index (χ0n) is 10.6. The Morgan fingerprint density at radius 3 is 2.60 bits per heavy atom. The first-order valence-electron chi connectivity index (χ1n) is 6.53. The Morgan fingerprint density at radius 1 is 1.27 bits per heavy atom. The predicted octanol–water partition coefficient (Wildman–Crippen LogP) is 2.25. The molecule has 1 saturated carbocycles. The highest BCUT2D eigenvalue weighted by Gasteiger charge is 2.34. The third-order valence-electron chi connectivity index (χ3n) is 4.53. The lowest BCUT2D eigenvalue weighted by molar-refractivity contribution is 0.244. The van der Waals surface area contributed by atoms with Crippen LogP contribution in [0.3, 0.4) is 0 Å². The van der Waals surface area contributed by atoms with E-state index < -0.39 is 0 Å². The Hall–Kier alpha value is -0.0800. The average molecular weight is 210 g/mol. The molecule has 1 heterocycles. The van der Waals surface area contributed by atoms with Crippen molar-refractivity contribution in [2.24, 2.45) is 5.41 Å². The molecule has 0 aromatic carbocycles. The van der Waals surface area contributed by atoms with Crippen molar-refractivity contribution < 1.29 is 0 Å². The minimum absolute atomic E-state index is 0.525. The summed E-state index contributed by atoms with van der Waals surface area (Å²) in [6, 6.07) is 1.55. The second-order valence-electron chi connectivity index (χ2n) is 6.12. The molecule has 2 unspecified atom stereocenters. The van der Waals surface area contributed by atoms with Crippen molar-refractivity contribution in [3.05, 3.63) is 0 Å². The molecule has 88 valence electrons. The molecule has 2 heteroatoms. The van der Waals surface area contributed by atoms with Gasteiger partial charge in [0, 0.05) is 18.6 Å². The third kappa shape index (κ3) is 2.54. The van der Waals surface area contributed by atoms with Crippen LogP contribution >= 0.6 is 0 Å². The van der Waals surface area contributed by atoms with Gasteiger partial charge in [-0.2, -0.15) is 0 Å². The molecule has 2 rings (SSSR count). The third-order valence-corrected chi connectivity index (χ3v) is 4.53. The minimum Gasteiger partial charge on any atom is -0.312 e. The maximum absolute atomic E-state index is 3.80. The summed E-state index contributed by atoms with van der Waals surface area (Å²) in [5.74, 6) is 0. The Bertz CT molecular complexity index is 213. The van der Waals surface area contributed by atoms with Gasteiger partial charge in [0.05, 0.1) is 0 Å². The average Bonchev–Trinajstić information content (AvgIpc) is 2.69. The number of rotatable bonds is 3. The summed E-state index contributed by atoms with van der Waals surface area (Å²) in [4.78, 5) is 2.51. The van der Waals surface area contributed by atoms with Crippen molar-refractivity contribution in [2.45, 2.75) is 58.0 Å². The molecule has 0 amide bonds. The molecule has 0 bridgehead atoms. The van der Waals surface area contributed by atoms with Crippen LogP contribution in [0, 0.1) is 5.41 Å². The smallest absolute Gasteiger partial charge is 0.0218 e. The van der Waals surface area contributed by atoms with E-state index in [4.69, 9.17) is 0 Å². The van der Waals surface area contributed by atoms with Crippen LogP contribution < -0.4 is 5.32 Å². The van der Waals surface area contributed by atoms with Gasteiger partial charge in [0.1, 0.15) is 0 Å². The van der Waals surface area contributed by atoms with Crippen LogP contribution in [-0.4, -0.2) is 37.1 Å². The van der Waals surface area contributed by atoms with Crippen LogP contribution in [0.2, 0.25) is 0 Å². The molecule has 2 fully saturated rings. The minimum atomic E-state index is 0.525. The molecule has 1 aliphatic heterocycles. The topological polar surface area (TPSA) is 15.3 Å². The van der Waals surface area contributed by atoms with Crippen molar-refractivity contribution in [3.8, 4) is 0 Å². The van der Waals surface area contributed by atoms with Gasteiger partial charge in [-0.05, 0) is 44.7 Å². The number of hydrogen-bond donors (Lipinski definition) is 1. The van der Waals surface area contributed by atoms with Crippen molar-refractivity contribution in [1.29, 1.82) is 0 Å². The Labute approximate surface area is 94.4 Å². The lowest BCUT2D eigenvalue weighted by Crippen LogP contribution is -2.44. The Balaban J connectivity index is 1.78. The van der Waals surface area contributed by atoms with E-state index in [1.54, 1.807) is 0 Å². The Morgan fingerprint density at radius 2 is 2.07 bits per heavy atom. The summed E-state index contributed by atoms with van der Waals surface area (Å²) in [7, 11) is 2.26. The summed E-state index contributed by atoms with van der Waals surface area (Å²) in [5, 5.41) is 3.80. The largest absolute Gasteiger partial charge is 0.312 e. The second-order valence-corrected chi connectivity index (χ2v) is 6.12. The highest BCUT2D eigenvalue weighted by atomic mass is 15.2. The SMILES string of the molecule is CN1CCCC1CNC1CCCC1(C)C. The van der Waals surface area contributed by atoms with Crippen LogP contribution in [0.25, 0.3) is 0 Å². The lowest BCUT2D eigenvalue weighted by Gasteiger charge is -2.30. The first kappa shape index (κ1) is 11.4. The van der Waals surface area contributed by atoms with Crippen molar-refractivity contribution >= 4 is 0 Å². The molecule has 0 spiro atoms. The number of likely N-dealkylation sites (N-methyl/N-ethyl adjacent to an activating group) is 1. The van der Waals surface area contributed by atoms with Gasteiger partial charge in [-0.1, -0.05) is 20.3 Å². The van der Waals surface area contributed by atoms with Gasteiger partial charge in [0.15, 0.2) is 0 Å². The van der Waals surface area contributed by atoms with Gasteiger partial charge in [-0.15, -0.1) is 0 Å². The van der Waals surface area contributed by atoms with Gasteiger partial charge in [0.25, 0.3) is 0 Å². The van der Waals surface area contributed by atoms with E-state index in [0.717, 1.165) is 12.1 Å². The van der Waals surface area contributed by atoms with Crippen molar-refractivity contribution in [1.82, 2.24) is 10.2 Å². The van der Waals surface area contributed by atoms with Crippen molar-refractivity contribution in [2.75, 3.05) is 20.1 Å².